The molecule has 2 N–H and O–H groups in total. The van der Waals surface area contributed by atoms with E-state index in [9.17, 15) is 9.59 Å². The van der Waals surface area contributed by atoms with Gasteiger partial charge in [0.1, 0.15) is 0 Å². The topological polar surface area (TPSA) is 66.4 Å². The van der Waals surface area contributed by atoms with Crippen LogP contribution in [0.1, 0.15) is 20.7 Å². The number of hydrogen-bond acceptors (Lipinski definition) is 2. The fourth-order valence-electron chi connectivity index (χ4n) is 1.64. The van der Waals surface area contributed by atoms with Gasteiger partial charge in [0, 0.05) is 10.2 Å². The van der Waals surface area contributed by atoms with Crippen LogP contribution < -0.4 is 5.32 Å². The van der Waals surface area contributed by atoms with Crippen LogP contribution in [-0.4, -0.2) is 17.0 Å². The molecular weight excluding hydrogens is 381 g/mol. The molecule has 0 aliphatic heterocycles. The lowest BCUT2D eigenvalue weighted by molar-refractivity contribution is 0.0697. The molecule has 2 aromatic carbocycles. The van der Waals surface area contributed by atoms with Crippen molar-refractivity contribution < 1.29 is 14.7 Å². The first-order chi connectivity index (χ1) is 9.90. The van der Waals surface area contributed by atoms with Crippen molar-refractivity contribution in [2.45, 2.75) is 0 Å². The van der Waals surface area contributed by atoms with Crippen LogP contribution in [0.3, 0.4) is 0 Å². The Balaban J connectivity index is 2.26. The molecule has 4 nitrogen and oxygen atoms in total. The number of carbonyl (C=O) groups excluding carboxylic acids is 1. The van der Waals surface area contributed by atoms with Crippen LogP contribution in [0.4, 0.5) is 5.69 Å². The molecule has 21 heavy (non-hydrogen) atoms. The smallest absolute Gasteiger partial charge is 0.337 e. The second-order valence-electron chi connectivity index (χ2n) is 4.06. The Morgan fingerprint density at radius 2 is 1.81 bits per heavy atom. The number of benzene rings is 2. The standard InChI is InChI=1S/C14H8BrCl2NO3/c15-10-3-1-2-9(12(10)17)13(19)18-7-4-5-8(14(20)21)11(16)6-7/h1-6H,(H,18,19)(H,20,21). The van der Waals surface area contributed by atoms with Crippen LogP contribution in [0.2, 0.25) is 10.0 Å². The Bertz CT molecular complexity index is 734. The molecule has 0 saturated carbocycles. The van der Waals surface area contributed by atoms with Gasteiger partial charge in [-0.1, -0.05) is 29.3 Å². The number of rotatable bonds is 3. The third kappa shape index (κ3) is 3.56. The molecule has 1 amide bonds. The average molecular weight is 389 g/mol. The van der Waals surface area contributed by atoms with E-state index < -0.39 is 11.9 Å². The van der Waals surface area contributed by atoms with Crippen LogP contribution in [0.5, 0.6) is 0 Å². The van der Waals surface area contributed by atoms with E-state index in [-0.39, 0.29) is 10.6 Å². The summed E-state index contributed by atoms with van der Waals surface area (Å²) in [6.45, 7) is 0. The largest absolute Gasteiger partial charge is 0.478 e. The summed E-state index contributed by atoms with van der Waals surface area (Å²) in [7, 11) is 0. The molecule has 108 valence electrons. The summed E-state index contributed by atoms with van der Waals surface area (Å²) in [6.07, 6.45) is 0. The third-order valence-corrected chi connectivity index (χ3v) is 4.26. The summed E-state index contributed by atoms with van der Waals surface area (Å²) in [4.78, 5) is 23.0. The van der Waals surface area contributed by atoms with Crippen LogP contribution in [0, 0.1) is 0 Å². The van der Waals surface area contributed by atoms with Gasteiger partial charge in [-0.05, 0) is 46.3 Å². The van der Waals surface area contributed by atoms with Crippen LogP contribution in [0.15, 0.2) is 40.9 Å². The van der Waals surface area contributed by atoms with E-state index in [0.717, 1.165) is 0 Å². The number of aromatic carboxylic acids is 1. The minimum atomic E-state index is -1.13. The monoisotopic (exact) mass is 387 g/mol. The molecule has 0 aliphatic carbocycles. The molecule has 0 spiro atoms. The highest BCUT2D eigenvalue weighted by Gasteiger charge is 2.14. The van der Waals surface area contributed by atoms with Crippen LogP contribution in [0.25, 0.3) is 0 Å². The number of hydrogen-bond donors (Lipinski definition) is 2. The predicted octanol–water partition coefficient (Wildman–Crippen LogP) is 4.71. The van der Waals surface area contributed by atoms with E-state index in [4.69, 9.17) is 28.3 Å². The summed E-state index contributed by atoms with van der Waals surface area (Å²) in [5.41, 5.74) is 0.644. The minimum Gasteiger partial charge on any atom is -0.478 e. The van der Waals surface area contributed by atoms with Gasteiger partial charge in [-0.15, -0.1) is 0 Å². The van der Waals surface area contributed by atoms with Gasteiger partial charge in [0.15, 0.2) is 0 Å². The molecule has 0 radical (unpaired) electrons. The first kappa shape index (κ1) is 15.8. The SMILES string of the molecule is O=C(O)c1ccc(NC(=O)c2cccc(Br)c2Cl)cc1Cl. The molecule has 0 aromatic heterocycles. The van der Waals surface area contributed by atoms with Gasteiger partial charge in [-0.3, -0.25) is 4.79 Å². The number of carboxylic acid groups (broad SMARTS) is 1. The van der Waals surface area contributed by atoms with Gasteiger partial charge in [0.05, 0.1) is 21.2 Å². The van der Waals surface area contributed by atoms with E-state index in [0.29, 0.717) is 20.7 Å². The van der Waals surface area contributed by atoms with Crippen LogP contribution >= 0.6 is 39.1 Å². The molecule has 2 rings (SSSR count). The number of amides is 1. The molecule has 2 aromatic rings. The summed E-state index contributed by atoms with van der Waals surface area (Å²) in [6, 6.07) is 9.13. The first-order valence-electron chi connectivity index (χ1n) is 5.68. The van der Waals surface area contributed by atoms with Crippen molar-refractivity contribution in [2.75, 3.05) is 5.32 Å². The van der Waals surface area contributed by atoms with E-state index >= 15 is 0 Å². The van der Waals surface area contributed by atoms with Gasteiger partial charge in [0.25, 0.3) is 5.91 Å². The Morgan fingerprint density at radius 1 is 1.10 bits per heavy atom. The van der Waals surface area contributed by atoms with E-state index in [1.807, 2.05) is 0 Å². The van der Waals surface area contributed by atoms with Gasteiger partial charge in [-0.2, -0.15) is 0 Å². The highest BCUT2D eigenvalue weighted by Crippen LogP contribution is 2.27. The molecule has 0 heterocycles. The maximum Gasteiger partial charge on any atom is 0.337 e. The lowest BCUT2D eigenvalue weighted by Gasteiger charge is -2.09. The van der Waals surface area contributed by atoms with Crippen molar-refractivity contribution >= 4 is 56.7 Å². The van der Waals surface area contributed by atoms with Gasteiger partial charge < -0.3 is 10.4 Å². The van der Waals surface area contributed by atoms with E-state index in [2.05, 4.69) is 21.2 Å². The fraction of sp³-hybridized carbons (Fsp3) is 0. The highest BCUT2D eigenvalue weighted by atomic mass is 79.9. The molecule has 0 saturated heterocycles. The molecule has 0 unspecified atom stereocenters. The Kier molecular flexibility index (Phi) is 4.88. The molecule has 7 heteroatoms. The van der Waals surface area contributed by atoms with E-state index in [1.54, 1.807) is 18.2 Å². The zero-order chi connectivity index (χ0) is 15.6. The molecular formula is C14H8BrCl2NO3. The Hall–Kier alpha value is -1.56. The van der Waals surface area contributed by atoms with Gasteiger partial charge in [-0.25, -0.2) is 4.79 Å². The lowest BCUT2D eigenvalue weighted by atomic mass is 10.2. The number of anilines is 1. The number of halogens is 3. The Labute approximate surface area is 138 Å². The van der Waals surface area contributed by atoms with Crippen molar-refractivity contribution in [1.82, 2.24) is 0 Å². The maximum atomic E-state index is 12.1. The number of carboxylic acids is 1. The van der Waals surface area contributed by atoms with Crippen molar-refractivity contribution in [2.24, 2.45) is 0 Å². The maximum absolute atomic E-state index is 12.1. The predicted molar refractivity (Wildman–Crippen MR) is 85.5 cm³/mol. The summed E-state index contributed by atoms with van der Waals surface area (Å²) < 4.78 is 0.607. The van der Waals surface area contributed by atoms with E-state index in [1.165, 1.54) is 18.2 Å². The minimum absolute atomic E-state index is 0.0323. The zero-order valence-electron chi connectivity index (χ0n) is 10.4. The summed E-state index contributed by atoms with van der Waals surface area (Å²) in [5.74, 6) is -1.55. The summed E-state index contributed by atoms with van der Waals surface area (Å²) >= 11 is 15.1. The summed E-state index contributed by atoms with van der Waals surface area (Å²) in [5, 5.41) is 11.8. The van der Waals surface area contributed by atoms with Crippen molar-refractivity contribution in [3.63, 3.8) is 0 Å². The third-order valence-electron chi connectivity index (χ3n) is 2.65. The normalized spacial score (nSPS) is 10.2. The average Bonchev–Trinajstić information content (AvgIpc) is 2.41. The number of nitrogens with one attached hydrogen (secondary N) is 1. The van der Waals surface area contributed by atoms with Gasteiger partial charge in [0.2, 0.25) is 0 Å². The van der Waals surface area contributed by atoms with Crippen LogP contribution in [-0.2, 0) is 0 Å². The first-order valence-corrected chi connectivity index (χ1v) is 7.23. The highest BCUT2D eigenvalue weighted by molar-refractivity contribution is 9.10. The lowest BCUT2D eigenvalue weighted by Crippen LogP contribution is -2.13. The van der Waals surface area contributed by atoms with Crippen molar-refractivity contribution in [3.05, 3.63) is 62.0 Å². The molecule has 0 aliphatic rings. The number of carbonyl (C=O) groups is 2. The molecule has 0 bridgehead atoms. The zero-order valence-corrected chi connectivity index (χ0v) is 13.5. The van der Waals surface area contributed by atoms with Crippen molar-refractivity contribution in [1.29, 1.82) is 0 Å². The molecule has 0 fully saturated rings. The van der Waals surface area contributed by atoms with Crippen molar-refractivity contribution in [3.8, 4) is 0 Å². The Morgan fingerprint density at radius 3 is 2.43 bits per heavy atom. The molecule has 0 atom stereocenters. The van der Waals surface area contributed by atoms with Gasteiger partial charge >= 0.3 is 5.97 Å². The second-order valence-corrected chi connectivity index (χ2v) is 5.69. The fourth-order valence-corrected chi connectivity index (χ4v) is 2.48. The quantitative estimate of drug-likeness (QED) is 0.800. The second kappa shape index (κ2) is 6.47.